The molecule has 21 heavy (non-hydrogen) atoms. The van der Waals surface area contributed by atoms with Crippen molar-refractivity contribution in [1.82, 2.24) is 4.98 Å². The van der Waals surface area contributed by atoms with Gasteiger partial charge >= 0.3 is 5.97 Å². The lowest BCUT2D eigenvalue weighted by Gasteiger charge is -2.08. The number of carbonyl (C=O) groups excluding carboxylic acids is 1. The second kappa shape index (κ2) is 5.70. The number of phenols is 1. The summed E-state index contributed by atoms with van der Waals surface area (Å²) in [6.07, 6.45) is 1.54. The summed E-state index contributed by atoms with van der Waals surface area (Å²) in [5.74, 6) is -1.18. The lowest BCUT2D eigenvalue weighted by Crippen LogP contribution is -2.14. The van der Waals surface area contributed by atoms with E-state index >= 15 is 0 Å². The van der Waals surface area contributed by atoms with E-state index in [2.05, 4.69) is 14.4 Å². The zero-order chi connectivity index (χ0) is 15.6. The molecule has 0 aliphatic heterocycles. The Labute approximate surface area is 125 Å². The first kappa shape index (κ1) is 15.3. The van der Waals surface area contributed by atoms with Crippen LogP contribution in [0.15, 0.2) is 29.3 Å². The summed E-state index contributed by atoms with van der Waals surface area (Å²) in [5, 5.41) is 9.79. The molecule has 0 radical (unpaired) electrons. The molecule has 7 nitrogen and oxygen atoms in total. The van der Waals surface area contributed by atoms with E-state index in [4.69, 9.17) is 0 Å². The van der Waals surface area contributed by atoms with Crippen LogP contribution in [0.5, 0.6) is 5.75 Å². The van der Waals surface area contributed by atoms with Crippen molar-refractivity contribution < 1.29 is 23.1 Å². The summed E-state index contributed by atoms with van der Waals surface area (Å²) in [7, 11) is -2.76. The van der Waals surface area contributed by atoms with Crippen LogP contribution in [-0.4, -0.2) is 31.6 Å². The molecule has 2 aromatic rings. The number of rotatable bonds is 4. The smallest absolute Gasteiger partial charge is 0.341 e. The Bertz CT molecular complexity index is 783. The highest BCUT2D eigenvalue weighted by molar-refractivity contribution is 7.93. The van der Waals surface area contributed by atoms with Crippen LogP contribution in [0, 0.1) is 6.92 Å². The lowest BCUT2D eigenvalue weighted by molar-refractivity contribution is 0.0597. The minimum Gasteiger partial charge on any atom is -0.507 e. The number of sulfonamides is 1. The van der Waals surface area contributed by atoms with Gasteiger partial charge in [0.1, 0.15) is 11.3 Å². The van der Waals surface area contributed by atoms with Gasteiger partial charge in [-0.1, -0.05) is 0 Å². The average Bonchev–Trinajstić information content (AvgIpc) is 2.82. The van der Waals surface area contributed by atoms with Gasteiger partial charge in [0.15, 0.2) is 5.13 Å². The molecule has 0 unspecified atom stereocenters. The summed E-state index contributed by atoms with van der Waals surface area (Å²) in [4.78, 5) is 16.1. The number of nitrogens with zero attached hydrogens (tertiary/aromatic N) is 1. The SMILES string of the molecule is COC(=O)c1cc(S(=O)(=O)Nc2ncc(C)s2)ccc1O. The van der Waals surface area contributed by atoms with Crippen LogP contribution in [0.25, 0.3) is 0 Å². The number of hydrogen-bond donors (Lipinski definition) is 2. The number of benzene rings is 1. The van der Waals surface area contributed by atoms with Gasteiger partial charge in [0, 0.05) is 11.1 Å². The summed E-state index contributed by atoms with van der Waals surface area (Å²) in [6.45, 7) is 1.80. The van der Waals surface area contributed by atoms with Crippen LogP contribution in [0.3, 0.4) is 0 Å². The number of nitrogens with one attached hydrogen (secondary N) is 1. The van der Waals surface area contributed by atoms with Crippen molar-refractivity contribution in [3.05, 3.63) is 34.8 Å². The monoisotopic (exact) mass is 328 g/mol. The zero-order valence-electron chi connectivity index (χ0n) is 11.2. The van der Waals surface area contributed by atoms with E-state index in [1.165, 1.54) is 17.4 Å². The highest BCUT2D eigenvalue weighted by Gasteiger charge is 2.20. The Morgan fingerprint density at radius 3 is 2.71 bits per heavy atom. The molecule has 0 saturated carbocycles. The standard InChI is InChI=1S/C12H12N2O5S2/c1-7-6-13-12(20-7)14-21(17,18)8-3-4-10(15)9(5-8)11(16)19-2/h3-6,15H,1-2H3,(H,13,14). The van der Waals surface area contributed by atoms with Crippen molar-refractivity contribution >= 4 is 32.5 Å². The normalized spacial score (nSPS) is 11.1. The molecular formula is C12H12N2O5S2. The first-order valence-electron chi connectivity index (χ1n) is 5.70. The number of carbonyl (C=O) groups is 1. The highest BCUT2D eigenvalue weighted by Crippen LogP contribution is 2.25. The predicted molar refractivity (Wildman–Crippen MR) is 77.1 cm³/mol. The maximum atomic E-state index is 12.2. The Balaban J connectivity index is 2.38. The van der Waals surface area contributed by atoms with Gasteiger partial charge < -0.3 is 9.84 Å². The number of aromatic hydroxyl groups is 1. The molecule has 0 aliphatic carbocycles. The molecule has 0 fully saturated rings. The van der Waals surface area contributed by atoms with Gasteiger partial charge in [-0.3, -0.25) is 4.72 Å². The summed E-state index contributed by atoms with van der Waals surface area (Å²) >= 11 is 1.19. The lowest BCUT2D eigenvalue weighted by atomic mass is 10.2. The van der Waals surface area contributed by atoms with Gasteiger partial charge in [0.25, 0.3) is 10.0 Å². The minimum atomic E-state index is -3.90. The number of anilines is 1. The molecule has 2 N–H and O–H groups in total. The maximum Gasteiger partial charge on any atom is 0.341 e. The molecular weight excluding hydrogens is 316 g/mol. The topological polar surface area (TPSA) is 106 Å². The van der Waals surface area contributed by atoms with Gasteiger partial charge in [0.2, 0.25) is 0 Å². The van der Waals surface area contributed by atoms with E-state index in [1.54, 1.807) is 13.1 Å². The average molecular weight is 328 g/mol. The minimum absolute atomic E-state index is 0.173. The van der Waals surface area contributed by atoms with Crippen molar-refractivity contribution in [3.8, 4) is 5.75 Å². The number of thiazole rings is 1. The first-order valence-corrected chi connectivity index (χ1v) is 8.00. The van der Waals surface area contributed by atoms with Gasteiger partial charge in [-0.2, -0.15) is 0 Å². The first-order chi connectivity index (χ1) is 9.83. The van der Waals surface area contributed by atoms with Crippen LogP contribution >= 0.6 is 11.3 Å². The second-order valence-corrected chi connectivity index (χ2v) is 6.97. The Morgan fingerprint density at radius 2 is 2.14 bits per heavy atom. The fraction of sp³-hybridized carbons (Fsp3) is 0.167. The van der Waals surface area contributed by atoms with Gasteiger partial charge in [-0.25, -0.2) is 18.2 Å². The highest BCUT2D eigenvalue weighted by atomic mass is 32.2. The molecule has 0 amide bonds. The Kier molecular flexibility index (Phi) is 4.14. The van der Waals surface area contributed by atoms with Crippen LogP contribution in [0.4, 0.5) is 5.13 Å². The number of methoxy groups -OCH3 is 1. The van der Waals surface area contributed by atoms with E-state index in [1.807, 2.05) is 0 Å². The third-order valence-corrected chi connectivity index (χ3v) is 4.82. The summed E-state index contributed by atoms with van der Waals surface area (Å²) in [6, 6.07) is 3.35. The number of ether oxygens (including phenoxy) is 1. The largest absolute Gasteiger partial charge is 0.507 e. The van der Waals surface area contributed by atoms with Crippen LogP contribution in [-0.2, 0) is 14.8 Å². The summed E-state index contributed by atoms with van der Waals surface area (Å²) in [5.41, 5.74) is -0.226. The van der Waals surface area contributed by atoms with Crippen molar-refractivity contribution in [1.29, 1.82) is 0 Å². The molecule has 9 heteroatoms. The van der Waals surface area contributed by atoms with Gasteiger partial charge in [-0.15, -0.1) is 11.3 Å². The Hall–Kier alpha value is -2.13. The molecule has 0 aliphatic rings. The van der Waals surface area contributed by atoms with E-state index in [0.717, 1.165) is 24.1 Å². The van der Waals surface area contributed by atoms with Crippen molar-refractivity contribution in [2.75, 3.05) is 11.8 Å². The quantitative estimate of drug-likeness (QED) is 0.828. The molecule has 0 atom stereocenters. The van der Waals surface area contributed by atoms with E-state index in [0.29, 0.717) is 0 Å². The van der Waals surface area contributed by atoms with Crippen molar-refractivity contribution in [3.63, 3.8) is 0 Å². The van der Waals surface area contributed by atoms with E-state index in [9.17, 15) is 18.3 Å². The summed E-state index contributed by atoms with van der Waals surface area (Å²) < 4.78 is 31.2. The molecule has 1 aromatic heterocycles. The maximum absolute atomic E-state index is 12.2. The van der Waals surface area contributed by atoms with Crippen LogP contribution in [0.2, 0.25) is 0 Å². The number of aryl methyl sites for hydroxylation is 1. The number of phenolic OH excluding ortho intramolecular Hbond substituents is 1. The molecule has 112 valence electrons. The predicted octanol–water partition coefficient (Wildman–Crippen LogP) is 1.74. The third-order valence-electron chi connectivity index (χ3n) is 2.53. The third kappa shape index (κ3) is 3.31. The fourth-order valence-electron chi connectivity index (χ4n) is 1.53. The second-order valence-electron chi connectivity index (χ2n) is 4.05. The van der Waals surface area contributed by atoms with Crippen LogP contribution < -0.4 is 4.72 Å². The van der Waals surface area contributed by atoms with Crippen molar-refractivity contribution in [2.24, 2.45) is 0 Å². The molecule has 2 rings (SSSR count). The van der Waals surface area contributed by atoms with Gasteiger partial charge in [0.05, 0.1) is 12.0 Å². The molecule has 0 saturated heterocycles. The zero-order valence-corrected chi connectivity index (χ0v) is 12.8. The fourth-order valence-corrected chi connectivity index (χ4v) is 3.46. The molecule has 1 aromatic carbocycles. The molecule has 0 bridgehead atoms. The molecule has 0 spiro atoms. The number of hydrogen-bond acceptors (Lipinski definition) is 7. The number of esters is 1. The van der Waals surface area contributed by atoms with E-state index in [-0.39, 0.29) is 21.3 Å². The van der Waals surface area contributed by atoms with Gasteiger partial charge in [-0.05, 0) is 25.1 Å². The van der Waals surface area contributed by atoms with E-state index < -0.39 is 16.0 Å². The van der Waals surface area contributed by atoms with Crippen molar-refractivity contribution in [2.45, 2.75) is 11.8 Å². The molecule has 1 heterocycles. The number of aromatic nitrogens is 1. The van der Waals surface area contributed by atoms with Crippen LogP contribution in [0.1, 0.15) is 15.2 Å². The Morgan fingerprint density at radius 1 is 1.43 bits per heavy atom.